The van der Waals surface area contributed by atoms with E-state index in [4.69, 9.17) is 18.9 Å². The van der Waals surface area contributed by atoms with Gasteiger partial charge in [0.05, 0.1) is 33.0 Å². The van der Waals surface area contributed by atoms with Gasteiger partial charge in [-0.25, -0.2) is 9.59 Å². The first-order valence-corrected chi connectivity index (χ1v) is 9.68. The lowest BCUT2D eigenvalue weighted by Gasteiger charge is -2.27. The fourth-order valence-corrected chi connectivity index (χ4v) is 3.14. The predicted octanol–water partition coefficient (Wildman–Crippen LogP) is 1.41. The first-order valence-electron chi connectivity index (χ1n) is 9.68. The molecule has 2 aliphatic heterocycles. The number of hydrogen-bond acceptors (Lipinski definition) is 8. The van der Waals surface area contributed by atoms with Crippen LogP contribution in [-0.2, 0) is 28.6 Å². The highest BCUT2D eigenvalue weighted by molar-refractivity contribution is 6.05. The Morgan fingerprint density at radius 3 is 2.48 bits per heavy atom. The molecule has 0 N–H and O–H groups in total. The predicted molar refractivity (Wildman–Crippen MR) is 111 cm³/mol. The third kappa shape index (κ3) is 5.32. The molecule has 9 heteroatoms. The van der Waals surface area contributed by atoms with Crippen LogP contribution >= 0.6 is 0 Å². The number of methoxy groups -OCH3 is 2. The highest BCUT2D eigenvalue weighted by Gasteiger charge is 2.27. The number of allylic oxidation sites excluding steroid dienone is 2. The molecule has 9 nitrogen and oxygen atoms in total. The van der Waals surface area contributed by atoms with Gasteiger partial charge in [0, 0.05) is 31.0 Å². The Morgan fingerprint density at radius 2 is 1.77 bits per heavy atom. The fraction of sp³-hybridized carbons (Fsp3) is 0.318. The summed E-state index contributed by atoms with van der Waals surface area (Å²) in [4.78, 5) is 40.3. The smallest absolute Gasteiger partial charge is 0.355 e. The van der Waals surface area contributed by atoms with Crippen molar-refractivity contribution >= 4 is 23.5 Å². The standard InChI is InChI=1S/C22H24N2O7/c1-28-21(26)18-8-3-4-9-24(20(18)22(27)29-2)16-6-5-7-17(14-16)31-15-19(25)23-10-12-30-13-11-23/h3-9,14H,10-13,15H2,1-2H3. The number of nitrogens with zero attached hydrogens (tertiary/aromatic N) is 2. The maximum atomic E-state index is 12.5. The molecule has 0 spiro atoms. The Bertz CT molecular complexity index is 930. The Hall–Kier alpha value is -3.59. The van der Waals surface area contributed by atoms with Gasteiger partial charge in [0.2, 0.25) is 0 Å². The van der Waals surface area contributed by atoms with Crippen LogP contribution in [-0.4, -0.2) is 69.9 Å². The van der Waals surface area contributed by atoms with E-state index < -0.39 is 11.9 Å². The van der Waals surface area contributed by atoms with Gasteiger partial charge >= 0.3 is 11.9 Å². The van der Waals surface area contributed by atoms with Gasteiger partial charge < -0.3 is 28.7 Å². The summed E-state index contributed by atoms with van der Waals surface area (Å²) in [5, 5.41) is 0. The number of morpholine rings is 1. The van der Waals surface area contributed by atoms with Crippen molar-refractivity contribution < 1.29 is 33.3 Å². The van der Waals surface area contributed by atoms with Crippen molar-refractivity contribution in [3.05, 3.63) is 60.0 Å². The molecule has 1 saturated heterocycles. The maximum absolute atomic E-state index is 12.5. The molecule has 0 bridgehead atoms. The van der Waals surface area contributed by atoms with Gasteiger partial charge in [-0.1, -0.05) is 12.1 Å². The molecule has 0 atom stereocenters. The second-order valence-electron chi connectivity index (χ2n) is 6.60. The van der Waals surface area contributed by atoms with E-state index in [9.17, 15) is 14.4 Å². The van der Waals surface area contributed by atoms with Gasteiger partial charge in [-0.3, -0.25) is 4.79 Å². The fourth-order valence-electron chi connectivity index (χ4n) is 3.14. The second-order valence-corrected chi connectivity index (χ2v) is 6.60. The average molecular weight is 428 g/mol. The number of esters is 2. The Morgan fingerprint density at radius 1 is 1.03 bits per heavy atom. The molecular formula is C22H24N2O7. The molecule has 2 aliphatic rings. The highest BCUT2D eigenvalue weighted by Crippen LogP contribution is 2.29. The van der Waals surface area contributed by atoms with Crippen LogP contribution in [0.25, 0.3) is 0 Å². The quantitative estimate of drug-likeness (QED) is 0.628. The Labute approximate surface area is 180 Å². The minimum absolute atomic E-state index is 0.000827. The lowest BCUT2D eigenvalue weighted by molar-refractivity contribution is -0.139. The summed E-state index contributed by atoms with van der Waals surface area (Å²) in [6, 6.07) is 6.84. The highest BCUT2D eigenvalue weighted by atomic mass is 16.5. The molecule has 164 valence electrons. The normalized spacial score (nSPS) is 16.1. The molecule has 0 aliphatic carbocycles. The lowest BCUT2D eigenvalue weighted by atomic mass is 10.1. The molecule has 0 unspecified atom stereocenters. The third-order valence-corrected chi connectivity index (χ3v) is 4.71. The molecule has 31 heavy (non-hydrogen) atoms. The summed E-state index contributed by atoms with van der Waals surface area (Å²) in [6.07, 6.45) is 6.40. The van der Waals surface area contributed by atoms with E-state index in [1.807, 2.05) is 0 Å². The van der Waals surface area contributed by atoms with Crippen LogP contribution in [0.1, 0.15) is 0 Å². The number of benzene rings is 1. The number of carbonyl (C=O) groups is 3. The zero-order chi connectivity index (χ0) is 22.2. The van der Waals surface area contributed by atoms with Crippen molar-refractivity contribution in [3.8, 4) is 5.75 Å². The van der Waals surface area contributed by atoms with E-state index >= 15 is 0 Å². The number of rotatable bonds is 6. The number of amides is 1. The largest absolute Gasteiger partial charge is 0.484 e. The first kappa shape index (κ1) is 22.1. The summed E-state index contributed by atoms with van der Waals surface area (Å²) in [6.45, 7) is 1.99. The Kier molecular flexibility index (Phi) is 7.45. The van der Waals surface area contributed by atoms with Crippen molar-refractivity contribution in [2.24, 2.45) is 0 Å². The first-order chi connectivity index (χ1) is 15.0. The minimum Gasteiger partial charge on any atom is -0.484 e. The SMILES string of the molecule is COC(=O)C1=C(C(=O)OC)N(c2cccc(OCC(=O)N3CCOCC3)c2)C=CC=C1. The van der Waals surface area contributed by atoms with Crippen LogP contribution < -0.4 is 9.64 Å². The van der Waals surface area contributed by atoms with Crippen molar-refractivity contribution in [1.82, 2.24) is 4.90 Å². The number of hydrogen-bond donors (Lipinski definition) is 0. The van der Waals surface area contributed by atoms with E-state index in [2.05, 4.69) is 0 Å². The zero-order valence-corrected chi connectivity index (χ0v) is 17.4. The van der Waals surface area contributed by atoms with Crippen molar-refractivity contribution in [2.45, 2.75) is 0 Å². The molecule has 0 saturated carbocycles. The number of ether oxygens (including phenoxy) is 4. The van der Waals surface area contributed by atoms with Gasteiger partial charge in [-0.05, 0) is 24.3 Å². The minimum atomic E-state index is -0.703. The Balaban J connectivity index is 1.84. The van der Waals surface area contributed by atoms with E-state index in [1.54, 1.807) is 47.5 Å². The number of carbonyl (C=O) groups excluding carboxylic acids is 3. The summed E-state index contributed by atoms with van der Waals surface area (Å²) < 4.78 is 20.6. The summed E-state index contributed by atoms with van der Waals surface area (Å²) in [5.41, 5.74) is 0.590. The van der Waals surface area contributed by atoms with Gasteiger partial charge in [0.25, 0.3) is 5.91 Å². The van der Waals surface area contributed by atoms with Gasteiger partial charge in [0.1, 0.15) is 11.4 Å². The van der Waals surface area contributed by atoms with E-state index in [0.717, 1.165) is 0 Å². The molecule has 1 amide bonds. The van der Waals surface area contributed by atoms with Crippen LogP contribution in [0.5, 0.6) is 5.75 Å². The third-order valence-electron chi connectivity index (χ3n) is 4.71. The summed E-state index contributed by atoms with van der Waals surface area (Å²) >= 11 is 0. The monoisotopic (exact) mass is 428 g/mol. The zero-order valence-electron chi connectivity index (χ0n) is 17.4. The van der Waals surface area contributed by atoms with Gasteiger partial charge in [0.15, 0.2) is 6.61 Å². The lowest BCUT2D eigenvalue weighted by Crippen LogP contribution is -2.42. The van der Waals surface area contributed by atoms with E-state index in [0.29, 0.717) is 37.7 Å². The van der Waals surface area contributed by atoms with Crippen molar-refractivity contribution in [3.63, 3.8) is 0 Å². The van der Waals surface area contributed by atoms with Gasteiger partial charge in [-0.15, -0.1) is 0 Å². The maximum Gasteiger partial charge on any atom is 0.355 e. The molecule has 0 aromatic heterocycles. The second kappa shape index (κ2) is 10.4. The summed E-state index contributed by atoms with van der Waals surface area (Å²) in [5.74, 6) is -1.07. The van der Waals surface area contributed by atoms with Crippen molar-refractivity contribution in [2.75, 3.05) is 52.0 Å². The van der Waals surface area contributed by atoms with Crippen LogP contribution in [0.3, 0.4) is 0 Å². The van der Waals surface area contributed by atoms with E-state index in [-0.39, 0.29) is 23.8 Å². The molecule has 1 aromatic carbocycles. The molecular weight excluding hydrogens is 404 g/mol. The molecule has 2 heterocycles. The summed E-state index contributed by atoms with van der Waals surface area (Å²) in [7, 11) is 2.47. The molecule has 1 fully saturated rings. The average Bonchev–Trinajstić information content (AvgIpc) is 3.05. The van der Waals surface area contributed by atoms with Crippen LogP contribution in [0.4, 0.5) is 5.69 Å². The molecule has 3 rings (SSSR count). The number of anilines is 1. The van der Waals surface area contributed by atoms with E-state index in [1.165, 1.54) is 25.2 Å². The van der Waals surface area contributed by atoms with Gasteiger partial charge in [-0.2, -0.15) is 0 Å². The molecule has 1 aromatic rings. The van der Waals surface area contributed by atoms with Crippen LogP contribution in [0.15, 0.2) is 60.0 Å². The van der Waals surface area contributed by atoms with Crippen LogP contribution in [0.2, 0.25) is 0 Å². The topological polar surface area (TPSA) is 94.6 Å². The molecule has 0 radical (unpaired) electrons. The van der Waals surface area contributed by atoms with Crippen LogP contribution in [0, 0.1) is 0 Å². The van der Waals surface area contributed by atoms with Crippen molar-refractivity contribution in [1.29, 1.82) is 0 Å².